The predicted molar refractivity (Wildman–Crippen MR) is 60.5 cm³/mol. The summed E-state index contributed by atoms with van der Waals surface area (Å²) in [6.45, 7) is 5.84. The molecule has 0 aliphatic heterocycles. The molecule has 0 saturated carbocycles. The number of carbonyl (C=O) groups is 3. The van der Waals surface area contributed by atoms with E-state index in [9.17, 15) is 28.3 Å². The van der Waals surface area contributed by atoms with Gasteiger partial charge in [-0.1, -0.05) is 13.8 Å². The predicted octanol–water partition coefficient (Wildman–Crippen LogP) is 0.281. The Kier molecular flexibility index (Phi) is 5.62. The number of carboxylic acids is 1. The van der Waals surface area contributed by atoms with E-state index >= 15 is 0 Å². The van der Waals surface area contributed by atoms with Crippen LogP contribution in [0, 0.1) is 5.92 Å². The Morgan fingerprint density at radius 3 is 1.90 bits per heavy atom. The number of ether oxygens (including phenoxy) is 2. The number of carboxylic acid groups (broad SMARTS) is 1. The van der Waals surface area contributed by atoms with Crippen LogP contribution in [0.15, 0.2) is 0 Å². The van der Waals surface area contributed by atoms with E-state index in [1.165, 1.54) is 13.8 Å². The molecule has 1 atom stereocenters. The maximum atomic E-state index is 13.4. The van der Waals surface area contributed by atoms with Gasteiger partial charge in [-0.05, 0) is 19.8 Å². The fourth-order valence-electron chi connectivity index (χ4n) is 1.40. The summed E-state index contributed by atoms with van der Waals surface area (Å²) in [5, 5.41) is 10.4. The number of halogens is 2. The first-order valence-electron chi connectivity index (χ1n) is 5.82. The van der Waals surface area contributed by atoms with E-state index in [0.29, 0.717) is 0 Å². The van der Waals surface area contributed by atoms with Crippen molar-refractivity contribution in [2.24, 2.45) is 5.92 Å². The molecule has 8 heteroatoms. The first-order valence-corrected chi connectivity index (χ1v) is 5.82. The Bertz CT molecular complexity index is 403. The highest BCUT2D eigenvalue weighted by Crippen LogP contribution is 2.28. The van der Waals surface area contributed by atoms with Crippen LogP contribution in [0.3, 0.4) is 0 Å². The van der Waals surface area contributed by atoms with Gasteiger partial charge in [0.25, 0.3) is 0 Å². The second-order valence-electron chi connectivity index (χ2n) is 5.08. The molecule has 0 rings (SSSR count). The van der Waals surface area contributed by atoms with Gasteiger partial charge in [-0.2, -0.15) is 8.78 Å². The molecule has 0 aromatic heterocycles. The smallest absolute Gasteiger partial charge is 0.350 e. The third-order valence-corrected chi connectivity index (χ3v) is 2.36. The van der Waals surface area contributed by atoms with Crippen LogP contribution in [0.2, 0.25) is 0 Å². The molecule has 0 fully saturated rings. The molecule has 0 aliphatic carbocycles. The molecule has 0 N–H and O–H groups in total. The zero-order valence-corrected chi connectivity index (χ0v) is 11.9. The average Bonchev–Trinajstić information content (AvgIpc) is 2.22. The van der Waals surface area contributed by atoms with Crippen molar-refractivity contribution in [3.63, 3.8) is 0 Å². The molecule has 0 heterocycles. The maximum absolute atomic E-state index is 13.4. The van der Waals surface area contributed by atoms with Crippen LogP contribution in [-0.2, 0) is 23.9 Å². The van der Waals surface area contributed by atoms with E-state index in [1.807, 2.05) is 0 Å². The van der Waals surface area contributed by atoms with E-state index in [0.717, 1.165) is 20.8 Å². The molecule has 116 valence electrons. The van der Waals surface area contributed by atoms with Crippen molar-refractivity contribution < 1.29 is 37.7 Å². The highest BCUT2D eigenvalue weighted by Gasteiger charge is 2.48. The number of hydrogen-bond acceptors (Lipinski definition) is 6. The monoisotopic (exact) mass is 295 g/mol. The van der Waals surface area contributed by atoms with Gasteiger partial charge in [-0.15, -0.1) is 0 Å². The van der Waals surface area contributed by atoms with E-state index < -0.39 is 41.5 Å². The normalized spacial score (nSPS) is 13.8. The molecule has 0 spiro atoms. The summed E-state index contributed by atoms with van der Waals surface area (Å²) < 4.78 is 36.0. The van der Waals surface area contributed by atoms with Gasteiger partial charge in [0.05, 0.1) is 0 Å². The Morgan fingerprint density at radius 2 is 1.60 bits per heavy atom. The Labute approximate surface area is 115 Å². The first kappa shape index (κ1) is 18.3. The average molecular weight is 295 g/mol. The summed E-state index contributed by atoms with van der Waals surface area (Å²) >= 11 is 0. The molecule has 1 unspecified atom stereocenters. The van der Waals surface area contributed by atoms with E-state index in [2.05, 4.69) is 9.47 Å². The van der Waals surface area contributed by atoms with Gasteiger partial charge in [0.2, 0.25) is 5.60 Å². The first-order chi connectivity index (χ1) is 8.82. The number of carbonyl (C=O) groups excluding carboxylic acids is 3. The van der Waals surface area contributed by atoms with E-state index in [1.54, 1.807) is 0 Å². The number of aliphatic carboxylic acids is 1. The molecular weight excluding hydrogens is 278 g/mol. The van der Waals surface area contributed by atoms with Gasteiger partial charge >= 0.3 is 17.9 Å². The SMILES string of the molecule is CC(=O)OC(C)(C)C(=O)OC(C(C)C)C(F)(F)C(=O)[O-]. The highest BCUT2D eigenvalue weighted by molar-refractivity contribution is 5.83. The van der Waals surface area contributed by atoms with E-state index in [4.69, 9.17) is 0 Å². The number of alkyl halides is 2. The summed E-state index contributed by atoms with van der Waals surface area (Å²) in [5.41, 5.74) is -1.80. The van der Waals surface area contributed by atoms with Crippen molar-refractivity contribution >= 4 is 17.9 Å². The van der Waals surface area contributed by atoms with Crippen molar-refractivity contribution in [2.45, 2.75) is 52.2 Å². The lowest BCUT2D eigenvalue weighted by Crippen LogP contribution is -2.55. The summed E-state index contributed by atoms with van der Waals surface area (Å²) in [5.74, 6) is -10.1. The van der Waals surface area contributed by atoms with Crippen molar-refractivity contribution in [1.82, 2.24) is 0 Å². The van der Waals surface area contributed by atoms with Gasteiger partial charge in [-0.3, -0.25) is 4.79 Å². The molecule has 0 radical (unpaired) electrons. The zero-order valence-electron chi connectivity index (χ0n) is 11.9. The second-order valence-corrected chi connectivity index (χ2v) is 5.08. The summed E-state index contributed by atoms with van der Waals surface area (Å²) in [6.07, 6.45) is -2.23. The van der Waals surface area contributed by atoms with Gasteiger partial charge in [0, 0.05) is 6.92 Å². The van der Waals surface area contributed by atoms with E-state index in [-0.39, 0.29) is 0 Å². The molecular formula is C12H17F2O6-. The van der Waals surface area contributed by atoms with Crippen molar-refractivity contribution in [3.05, 3.63) is 0 Å². The summed E-state index contributed by atoms with van der Waals surface area (Å²) in [7, 11) is 0. The van der Waals surface area contributed by atoms with Crippen LogP contribution < -0.4 is 5.11 Å². The number of esters is 2. The van der Waals surface area contributed by atoms with Gasteiger partial charge < -0.3 is 19.4 Å². The second kappa shape index (κ2) is 6.15. The Balaban J connectivity index is 5.17. The van der Waals surface area contributed by atoms with Crippen LogP contribution in [0.1, 0.15) is 34.6 Å². The lowest BCUT2D eigenvalue weighted by molar-refractivity contribution is -0.338. The van der Waals surface area contributed by atoms with Crippen LogP contribution >= 0.6 is 0 Å². The molecule has 6 nitrogen and oxygen atoms in total. The van der Waals surface area contributed by atoms with Gasteiger partial charge in [0.15, 0.2) is 6.10 Å². The maximum Gasteiger partial charge on any atom is 0.350 e. The van der Waals surface area contributed by atoms with Crippen LogP contribution in [-0.4, -0.2) is 35.5 Å². The minimum atomic E-state index is -4.35. The van der Waals surface area contributed by atoms with Crippen molar-refractivity contribution in [1.29, 1.82) is 0 Å². The van der Waals surface area contributed by atoms with Gasteiger partial charge in [0.1, 0.15) is 5.97 Å². The molecule has 20 heavy (non-hydrogen) atoms. The third-order valence-electron chi connectivity index (χ3n) is 2.36. The fourth-order valence-corrected chi connectivity index (χ4v) is 1.40. The molecule has 0 amide bonds. The lowest BCUT2D eigenvalue weighted by atomic mass is 10.00. The highest BCUT2D eigenvalue weighted by atomic mass is 19.3. The molecule has 0 saturated heterocycles. The molecule has 0 aromatic carbocycles. The fraction of sp³-hybridized carbons (Fsp3) is 0.750. The Hall–Kier alpha value is -1.73. The van der Waals surface area contributed by atoms with Crippen LogP contribution in [0.25, 0.3) is 0 Å². The number of rotatable bonds is 6. The largest absolute Gasteiger partial charge is 0.544 e. The lowest BCUT2D eigenvalue weighted by Gasteiger charge is -2.32. The standard InChI is InChI=1S/C12H18F2O6/c1-6(2)8(12(13,14)9(16)17)19-10(18)11(4,5)20-7(3)15/h6,8H,1-5H3,(H,16,17)/p-1. The minimum absolute atomic E-state index is 0.806. The zero-order chi connectivity index (χ0) is 16.3. The quantitative estimate of drug-likeness (QED) is 0.653. The van der Waals surface area contributed by atoms with Crippen LogP contribution in [0.4, 0.5) is 8.78 Å². The topological polar surface area (TPSA) is 92.7 Å². The number of hydrogen-bond donors (Lipinski definition) is 0. The van der Waals surface area contributed by atoms with Gasteiger partial charge in [-0.25, -0.2) is 4.79 Å². The summed E-state index contributed by atoms with van der Waals surface area (Å²) in [4.78, 5) is 33.0. The van der Waals surface area contributed by atoms with Crippen molar-refractivity contribution in [2.75, 3.05) is 0 Å². The molecule has 0 aliphatic rings. The molecule has 0 bridgehead atoms. The Morgan fingerprint density at radius 1 is 1.15 bits per heavy atom. The summed E-state index contributed by atoms with van der Waals surface area (Å²) in [6, 6.07) is 0. The third kappa shape index (κ3) is 4.43. The molecule has 0 aromatic rings. The van der Waals surface area contributed by atoms with Crippen molar-refractivity contribution in [3.8, 4) is 0 Å². The van der Waals surface area contributed by atoms with Crippen LogP contribution in [0.5, 0.6) is 0 Å². The minimum Gasteiger partial charge on any atom is -0.544 e.